The Morgan fingerprint density at radius 3 is 2.33 bits per heavy atom. The molecule has 2 aromatic heterocycles. The molecule has 0 atom stereocenters. The topological polar surface area (TPSA) is 43.6 Å². The fraction of sp³-hybridized carbons (Fsp3) is 0.300. The van der Waals surface area contributed by atoms with Crippen molar-refractivity contribution in [3.63, 3.8) is 0 Å². The Morgan fingerprint density at radius 2 is 1.83 bits per heavy atom. The predicted octanol–water partition coefficient (Wildman–Crippen LogP) is 2.95. The maximum Gasteiger partial charge on any atom is 0.451 e. The molecular weight excluding hydrogens is 269 g/mol. The van der Waals surface area contributed by atoms with Crippen LogP contribution >= 0.6 is 11.6 Å². The van der Waals surface area contributed by atoms with Crippen LogP contribution in [0.15, 0.2) is 12.1 Å². The summed E-state index contributed by atoms with van der Waals surface area (Å²) in [6, 6.07) is 2.96. The zero-order valence-electron chi connectivity index (χ0n) is 9.46. The van der Waals surface area contributed by atoms with Crippen LogP contribution in [0.2, 0.25) is 5.15 Å². The summed E-state index contributed by atoms with van der Waals surface area (Å²) in [4.78, 5) is 6.58. The maximum atomic E-state index is 12.6. The highest BCUT2D eigenvalue weighted by atomic mass is 35.5. The van der Waals surface area contributed by atoms with E-state index in [1.54, 1.807) is 19.9 Å². The molecule has 0 aliphatic heterocycles. The Balaban J connectivity index is 2.59. The molecule has 0 unspecified atom stereocenters. The van der Waals surface area contributed by atoms with E-state index < -0.39 is 12.0 Å². The molecule has 0 aromatic carbocycles. The van der Waals surface area contributed by atoms with Gasteiger partial charge in [0.05, 0.1) is 5.69 Å². The molecule has 8 heteroatoms. The lowest BCUT2D eigenvalue weighted by molar-refractivity contribution is -0.145. The number of rotatable bonds is 1. The molecule has 0 aliphatic carbocycles. The summed E-state index contributed by atoms with van der Waals surface area (Å²) in [6.45, 7) is 3.44. The highest BCUT2D eigenvalue weighted by molar-refractivity contribution is 6.29. The first-order chi connectivity index (χ1) is 8.27. The Kier molecular flexibility index (Phi) is 3.02. The number of aromatic nitrogens is 4. The Morgan fingerprint density at radius 1 is 1.17 bits per heavy atom. The van der Waals surface area contributed by atoms with Gasteiger partial charge in [-0.25, -0.2) is 14.6 Å². The van der Waals surface area contributed by atoms with E-state index in [0.29, 0.717) is 11.4 Å². The molecular formula is C10H8ClF3N4. The fourth-order valence-corrected chi connectivity index (χ4v) is 1.68. The van der Waals surface area contributed by atoms with Gasteiger partial charge in [-0.15, -0.1) is 0 Å². The van der Waals surface area contributed by atoms with Gasteiger partial charge in [-0.1, -0.05) is 11.6 Å². The average Bonchev–Trinajstić information content (AvgIpc) is 2.55. The molecule has 2 rings (SSSR count). The van der Waals surface area contributed by atoms with Crippen LogP contribution in [-0.4, -0.2) is 19.7 Å². The van der Waals surface area contributed by atoms with Gasteiger partial charge in [-0.2, -0.15) is 18.3 Å². The summed E-state index contributed by atoms with van der Waals surface area (Å²) in [7, 11) is 0. The number of alkyl halides is 3. The van der Waals surface area contributed by atoms with Crippen LogP contribution in [0.3, 0.4) is 0 Å². The number of hydrogen-bond donors (Lipinski definition) is 0. The van der Waals surface area contributed by atoms with E-state index in [-0.39, 0.29) is 11.0 Å². The quantitative estimate of drug-likeness (QED) is 0.752. The Hall–Kier alpha value is -1.63. The van der Waals surface area contributed by atoms with Gasteiger partial charge in [-0.3, -0.25) is 0 Å². The summed E-state index contributed by atoms with van der Waals surface area (Å²) >= 11 is 5.57. The molecule has 0 aliphatic rings. The van der Waals surface area contributed by atoms with E-state index >= 15 is 0 Å². The van der Waals surface area contributed by atoms with Crippen molar-refractivity contribution in [2.45, 2.75) is 20.0 Å². The van der Waals surface area contributed by atoms with Crippen molar-refractivity contribution in [3.05, 3.63) is 34.5 Å². The van der Waals surface area contributed by atoms with E-state index in [0.717, 1.165) is 0 Å². The molecule has 2 heterocycles. The SMILES string of the molecule is Cc1cc(C)n(-c2cc(Cl)nc(C(F)(F)F)n2)n1. The minimum atomic E-state index is -4.64. The van der Waals surface area contributed by atoms with Crippen LogP contribution in [0.25, 0.3) is 5.82 Å². The fourth-order valence-electron chi connectivity index (χ4n) is 1.50. The van der Waals surface area contributed by atoms with Crippen LogP contribution in [0.1, 0.15) is 17.2 Å². The molecule has 96 valence electrons. The summed E-state index contributed by atoms with van der Waals surface area (Å²) in [5.41, 5.74) is 1.34. The molecule has 0 saturated heterocycles. The number of nitrogens with zero attached hydrogens (tertiary/aromatic N) is 4. The Labute approximate surface area is 105 Å². The normalized spacial score (nSPS) is 11.9. The van der Waals surface area contributed by atoms with Crippen molar-refractivity contribution in [1.82, 2.24) is 19.7 Å². The van der Waals surface area contributed by atoms with Gasteiger partial charge < -0.3 is 0 Å². The van der Waals surface area contributed by atoms with Crippen molar-refractivity contribution in [3.8, 4) is 5.82 Å². The van der Waals surface area contributed by atoms with E-state index in [1.807, 2.05) is 0 Å². The highest BCUT2D eigenvalue weighted by Crippen LogP contribution is 2.28. The van der Waals surface area contributed by atoms with Crippen molar-refractivity contribution in [2.24, 2.45) is 0 Å². The number of aryl methyl sites for hydroxylation is 2. The van der Waals surface area contributed by atoms with Crippen molar-refractivity contribution < 1.29 is 13.2 Å². The van der Waals surface area contributed by atoms with Gasteiger partial charge in [-0.05, 0) is 19.9 Å². The third kappa shape index (κ3) is 2.45. The van der Waals surface area contributed by atoms with Gasteiger partial charge in [0.15, 0.2) is 5.82 Å². The van der Waals surface area contributed by atoms with Crippen molar-refractivity contribution >= 4 is 11.6 Å². The summed E-state index contributed by atoms with van der Waals surface area (Å²) in [5, 5.41) is 3.77. The van der Waals surface area contributed by atoms with Crippen LogP contribution in [0.4, 0.5) is 13.2 Å². The highest BCUT2D eigenvalue weighted by Gasteiger charge is 2.35. The van der Waals surface area contributed by atoms with E-state index in [4.69, 9.17) is 11.6 Å². The van der Waals surface area contributed by atoms with Gasteiger partial charge in [0.1, 0.15) is 5.15 Å². The molecule has 0 N–H and O–H groups in total. The zero-order valence-corrected chi connectivity index (χ0v) is 10.2. The molecule has 0 saturated carbocycles. The minimum Gasteiger partial charge on any atom is -0.219 e. The lowest BCUT2D eigenvalue weighted by Crippen LogP contribution is -2.14. The molecule has 0 amide bonds. The number of halogens is 4. The predicted molar refractivity (Wildman–Crippen MR) is 58.6 cm³/mol. The number of hydrogen-bond acceptors (Lipinski definition) is 3. The lowest BCUT2D eigenvalue weighted by Gasteiger charge is -2.08. The summed E-state index contributed by atoms with van der Waals surface area (Å²) in [5.74, 6) is -1.29. The van der Waals surface area contributed by atoms with Gasteiger partial charge in [0.2, 0.25) is 5.82 Å². The Bertz CT molecular complexity index is 591. The molecule has 2 aromatic rings. The maximum absolute atomic E-state index is 12.6. The molecule has 0 radical (unpaired) electrons. The molecule has 0 spiro atoms. The second-order valence-electron chi connectivity index (χ2n) is 3.71. The first-order valence-corrected chi connectivity index (χ1v) is 5.30. The molecule has 18 heavy (non-hydrogen) atoms. The molecule has 0 fully saturated rings. The molecule has 0 bridgehead atoms. The van der Waals surface area contributed by atoms with Crippen molar-refractivity contribution in [2.75, 3.05) is 0 Å². The van der Waals surface area contributed by atoms with Gasteiger partial charge in [0, 0.05) is 11.8 Å². The second kappa shape index (κ2) is 4.24. The van der Waals surface area contributed by atoms with Gasteiger partial charge in [0.25, 0.3) is 0 Å². The van der Waals surface area contributed by atoms with Gasteiger partial charge >= 0.3 is 6.18 Å². The summed E-state index contributed by atoms with van der Waals surface area (Å²) < 4.78 is 39.0. The first kappa shape index (κ1) is 12.8. The average molecular weight is 277 g/mol. The van der Waals surface area contributed by atoms with E-state index in [2.05, 4.69) is 15.1 Å². The summed E-state index contributed by atoms with van der Waals surface area (Å²) in [6.07, 6.45) is -4.64. The van der Waals surface area contributed by atoms with Crippen molar-refractivity contribution in [1.29, 1.82) is 0 Å². The van der Waals surface area contributed by atoms with E-state index in [9.17, 15) is 13.2 Å². The van der Waals surface area contributed by atoms with Crippen LogP contribution < -0.4 is 0 Å². The standard InChI is InChI=1S/C10H8ClF3N4/c1-5-3-6(2)18(17-5)8-4-7(11)15-9(16-8)10(12,13)14/h3-4H,1-2H3. The lowest BCUT2D eigenvalue weighted by atomic mass is 10.4. The van der Waals surface area contributed by atoms with Crippen LogP contribution in [-0.2, 0) is 6.18 Å². The first-order valence-electron chi connectivity index (χ1n) is 4.93. The second-order valence-corrected chi connectivity index (χ2v) is 4.10. The largest absolute Gasteiger partial charge is 0.451 e. The zero-order chi connectivity index (χ0) is 13.5. The smallest absolute Gasteiger partial charge is 0.219 e. The van der Waals surface area contributed by atoms with Crippen LogP contribution in [0, 0.1) is 13.8 Å². The monoisotopic (exact) mass is 276 g/mol. The van der Waals surface area contributed by atoms with E-state index in [1.165, 1.54) is 10.7 Å². The minimum absolute atomic E-state index is 0.00655. The van der Waals surface area contributed by atoms with Crippen LogP contribution in [0.5, 0.6) is 0 Å². The molecule has 4 nitrogen and oxygen atoms in total. The third-order valence-corrected chi connectivity index (χ3v) is 2.36. The third-order valence-electron chi connectivity index (χ3n) is 2.16.